The van der Waals surface area contributed by atoms with Crippen molar-refractivity contribution in [2.75, 3.05) is 0 Å². The lowest BCUT2D eigenvalue weighted by Crippen LogP contribution is -2.21. The third-order valence-electron chi connectivity index (χ3n) is 3.25. The van der Waals surface area contributed by atoms with Gasteiger partial charge in [0.1, 0.15) is 11.7 Å². The lowest BCUT2D eigenvalue weighted by Gasteiger charge is -2.14. The Morgan fingerprint density at radius 2 is 1.65 bits per heavy atom. The maximum absolute atomic E-state index is 12.1. The van der Waals surface area contributed by atoms with Gasteiger partial charge < -0.3 is 0 Å². The fourth-order valence-electron chi connectivity index (χ4n) is 2.38. The molecule has 0 aliphatic heterocycles. The van der Waals surface area contributed by atoms with Crippen molar-refractivity contribution >= 4 is 11.6 Å². The Balaban J connectivity index is 2.37. The van der Waals surface area contributed by atoms with E-state index in [0.717, 1.165) is 29.5 Å². The minimum absolute atomic E-state index is 0.0353. The number of carbonyl (C=O) groups is 2. The highest BCUT2D eigenvalue weighted by Gasteiger charge is 2.37. The van der Waals surface area contributed by atoms with Crippen LogP contribution in [0.2, 0.25) is 0 Å². The van der Waals surface area contributed by atoms with Crippen LogP contribution in [0.5, 0.6) is 0 Å². The van der Waals surface area contributed by atoms with Crippen molar-refractivity contribution in [3.05, 3.63) is 34.9 Å². The van der Waals surface area contributed by atoms with Crippen LogP contribution in [0.4, 0.5) is 0 Å². The molecule has 1 aromatic rings. The smallest absolute Gasteiger partial charge is 0.150 e. The number of rotatable bonds is 4. The first-order valence-electron chi connectivity index (χ1n) is 6.11. The third-order valence-corrected chi connectivity index (χ3v) is 3.25. The average molecular weight is 230 g/mol. The Hall–Kier alpha value is -1.44. The van der Waals surface area contributed by atoms with E-state index in [2.05, 4.69) is 6.07 Å². The first kappa shape index (κ1) is 12.0. The molecule has 0 aromatic heterocycles. The quantitative estimate of drug-likeness (QED) is 0.745. The second kappa shape index (κ2) is 4.44. The Kier molecular flexibility index (Phi) is 3.14. The van der Waals surface area contributed by atoms with Gasteiger partial charge in [-0.3, -0.25) is 9.59 Å². The van der Waals surface area contributed by atoms with Crippen molar-refractivity contribution in [1.82, 2.24) is 0 Å². The van der Waals surface area contributed by atoms with Crippen molar-refractivity contribution < 1.29 is 9.59 Å². The molecule has 0 amide bonds. The van der Waals surface area contributed by atoms with Gasteiger partial charge in [-0.15, -0.1) is 0 Å². The van der Waals surface area contributed by atoms with Gasteiger partial charge >= 0.3 is 0 Å². The van der Waals surface area contributed by atoms with E-state index in [0.29, 0.717) is 0 Å². The van der Waals surface area contributed by atoms with Crippen LogP contribution in [0.25, 0.3) is 0 Å². The predicted molar refractivity (Wildman–Crippen MR) is 67.1 cm³/mol. The van der Waals surface area contributed by atoms with Gasteiger partial charge in [0.2, 0.25) is 0 Å². The van der Waals surface area contributed by atoms with Crippen LogP contribution in [0.3, 0.4) is 0 Å². The van der Waals surface area contributed by atoms with E-state index in [1.54, 1.807) is 0 Å². The third kappa shape index (κ3) is 2.63. The first-order chi connectivity index (χ1) is 7.99. The normalized spacial score (nSPS) is 16.6. The Labute approximate surface area is 102 Å². The minimum Gasteiger partial charge on any atom is -0.299 e. The number of hydrogen-bond acceptors (Lipinski definition) is 2. The van der Waals surface area contributed by atoms with Crippen LogP contribution >= 0.6 is 0 Å². The average Bonchev–Trinajstić information content (AvgIpc) is 2.97. The predicted octanol–water partition coefficient (Wildman–Crippen LogP) is 2.96. The summed E-state index contributed by atoms with van der Waals surface area (Å²) in [4.78, 5) is 23.9. The second-order valence-electron chi connectivity index (χ2n) is 5.14. The molecular formula is C15H18O2. The van der Waals surface area contributed by atoms with Crippen LogP contribution in [0.15, 0.2) is 18.2 Å². The van der Waals surface area contributed by atoms with Gasteiger partial charge in [-0.25, -0.2) is 0 Å². The molecule has 1 atom stereocenters. The molecule has 0 N–H and O–H groups in total. The fraction of sp³-hybridized carbons (Fsp3) is 0.467. The Bertz CT molecular complexity index is 450. The zero-order valence-electron chi connectivity index (χ0n) is 10.6. The molecule has 1 unspecified atom stereocenters. The molecule has 90 valence electrons. The molecule has 1 saturated carbocycles. The summed E-state index contributed by atoms with van der Waals surface area (Å²) in [6.45, 7) is 5.51. The summed E-state index contributed by atoms with van der Waals surface area (Å²) >= 11 is 0. The summed E-state index contributed by atoms with van der Waals surface area (Å²) in [5.74, 6) is -0.333. The highest BCUT2D eigenvalue weighted by atomic mass is 16.2. The summed E-state index contributed by atoms with van der Waals surface area (Å²) in [5, 5.41) is 0. The summed E-state index contributed by atoms with van der Waals surface area (Å²) in [5.41, 5.74) is 3.08. The van der Waals surface area contributed by atoms with Crippen LogP contribution in [-0.2, 0) is 9.59 Å². The van der Waals surface area contributed by atoms with Crippen molar-refractivity contribution in [1.29, 1.82) is 0 Å². The van der Waals surface area contributed by atoms with Crippen molar-refractivity contribution in [3.63, 3.8) is 0 Å². The van der Waals surface area contributed by atoms with Gasteiger partial charge in [0, 0.05) is 5.92 Å². The van der Waals surface area contributed by atoms with E-state index in [4.69, 9.17) is 0 Å². The summed E-state index contributed by atoms with van der Waals surface area (Å²) in [6, 6.07) is 5.97. The summed E-state index contributed by atoms with van der Waals surface area (Å²) < 4.78 is 0. The number of ketones is 2. The maximum atomic E-state index is 12.1. The molecular weight excluding hydrogens is 212 g/mol. The number of aryl methyl sites for hydroxylation is 2. The van der Waals surface area contributed by atoms with Crippen molar-refractivity contribution in [3.8, 4) is 0 Å². The summed E-state index contributed by atoms with van der Waals surface area (Å²) in [6.07, 6.45) is 1.90. The van der Waals surface area contributed by atoms with E-state index >= 15 is 0 Å². The van der Waals surface area contributed by atoms with E-state index in [1.165, 1.54) is 6.92 Å². The molecule has 1 aromatic carbocycles. The van der Waals surface area contributed by atoms with Crippen LogP contribution < -0.4 is 0 Å². The van der Waals surface area contributed by atoms with Gasteiger partial charge in [-0.1, -0.05) is 29.3 Å². The molecule has 0 bridgehead atoms. The molecule has 0 spiro atoms. The van der Waals surface area contributed by atoms with Gasteiger partial charge in [0.15, 0.2) is 5.78 Å². The molecule has 1 aliphatic carbocycles. The molecule has 1 aliphatic rings. The minimum atomic E-state index is -0.541. The van der Waals surface area contributed by atoms with Gasteiger partial charge in [0.05, 0.1) is 0 Å². The van der Waals surface area contributed by atoms with Gasteiger partial charge in [-0.2, -0.15) is 0 Å². The van der Waals surface area contributed by atoms with Gasteiger partial charge in [0.25, 0.3) is 0 Å². The van der Waals surface area contributed by atoms with Crippen LogP contribution in [-0.4, -0.2) is 11.6 Å². The van der Waals surface area contributed by atoms with Gasteiger partial charge in [-0.05, 0) is 39.2 Å². The number of benzene rings is 1. The standard InChI is InChI=1S/C15H18O2/c1-9-6-10(2)8-13(7-9)14(11(3)16)15(17)12-4-5-12/h6-8,12,14H,4-5H2,1-3H3. The Morgan fingerprint density at radius 3 is 2.06 bits per heavy atom. The van der Waals surface area contributed by atoms with Crippen LogP contribution in [0, 0.1) is 19.8 Å². The first-order valence-corrected chi connectivity index (χ1v) is 6.11. The topological polar surface area (TPSA) is 34.1 Å². The second-order valence-corrected chi connectivity index (χ2v) is 5.14. The van der Waals surface area contributed by atoms with E-state index in [1.807, 2.05) is 26.0 Å². The molecule has 0 saturated heterocycles. The zero-order valence-corrected chi connectivity index (χ0v) is 10.6. The molecule has 17 heavy (non-hydrogen) atoms. The SMILES string of the molecule is CC(=O)C(C(=O)C1CC1)c1cc(C)cc(C)c1. The molecule has 2 nitrogen and oxygen atoms in total. The highest BCUT2D eigenvalue weighted by molar-refractivity contribution is 6.08. The molecule has 0 radical (unpaired) electrons. The summed E-state index contributed by atoms with van der Waals surface area (Å²) in [7, 11) is 0. The number of hydrogen-bond donors (Lipinski definition) is 0. The maximum Gasteiger partial charge on any atom is 0.150 e. The largest absolute Gasteiger partial charge is 0.299 e. The zero-order chi connectivity index (χ0) is 12.6. The molecule has 2 rings (SSSR count). The monoisotopic (exact) mass is 230 g/mol. The number of carbonyl (C=O) groups excluding carboxylic acids is 2. The van der Waals surface area contributed by atoms with E-state index < -0.39 is 5.92 Å². The highest BCUT2D eigenvalue weighted by Crippen LogP contribution is 2.36. The van der Waals surface area contributed by atoms with E-state index in [-0.39, 0.29) is 17.5 Å². The van der Waals surface area contributed by atoms with Crippen LogP contribution in [0.1, 0.15) is 42.4 Å². The van der Waals surface area contributed by atoms with Crippen molar-refractivity contribution in [2.24, 2.45) is 5.92 Å². The fourth-order valence-corrected chi connectivity index (χ4v) is 2.38. The molecule has 2 heteroatoms. The van der Waals surface area contributed by atoms with E-state index in [9.17, 15) is 9.59 Å². The number of Topliss-reactive ketones (excluding diaryl/α,β-unsaturated/α-hetero) is 2. The van der Waals surface area contributed by atoms with Crippen molar-refractivity contribution in [2.45, 2.75) is 39.5 Å². The lowest BCUT2D eigenvalue weighted by atomic mass is 9.87. The Morgan fingerprint density at radius 1 is 1.12 bits per heavy atom. The lowest BCUT2D eigenvalue weighted by molar-refractivity contribution is -0.128. The molecule has 0 heterocycles. The molecule has 1 fully saturated rings.